The minimum Gasteiger partial charge on any atom is -0.508 e. The van der Waals surface area contributed by atoms with E-state index in [1.807, 2.05) is 0 Å². The predicted molar refractivity (Wildman–Crippen MR) is 134 cm³/mol. The molecule has 1 aromatic carbocycles. The van der Waals surface area contributed by atoms with Gasteiger partial charge in [-0.3, -0.25) is 19.3 Å². The predicted octanol–water partition coefficient (Wildman–Crippen LogP) is 1.01. The van der Waals surface area contributed by atoms with Crippen LogP contribution in [0.15, 0.2) is 29.0 Å². The molecule has 1 fully saturated rings. The largest absolute Gasteiger partial charge is 0.508 e. The number of alkyl halides is 1. The number of benzene rings is 1. The number of halogens is 1. The number of primary amides is 1. The number of ketones is 2. The minimum atomic E-state index is -2.94. The van der Waals surface area contributed by atoms with Gasteiger partial charge in [0, 0.05) is 28.3 Å². The Morgan fingerprint density at radius 3 is 2.30 bits per heavy atom. The van der Waals surface area contributed by atoms with Gasteiger partial charge in [0.25, 0.3) is 5.91 Å². The van der Waals surface area contributed by atoms with E-state index in [0.717, 1.165) is 0 Å². The zero-order valence-corrected chi connectivity index (χ0v) is 21.9. The standard InChI is InChI=1S/C26H31ClN2O8/c1-9-10-6-7-11(25(2,3)8-27)18(30)13(10)19(31)14-12(9)20(32)16-17(29(4)5)21(33)15(24(28)36)23(35)26(16,37)22(14)34/h6-7,9,12,16-17,20,30-32,35,37H,8H2,1-5H3,(H2,28,36)/t9-,12+,16+,17-,20-,26+/m0/s1. The summed E-state index contributed by atoms with van der Waals surface area (Å²) in [6.45, 7) is 5.26. The Kier molecular flexibility index (Phi) is 6.27. The second kappa shape index (κ2) is 8.56. The van der Waals surface area contributed by atoms with Gasteiger partial charge < -0.3 is 31.3 Å². The lowest BCUT2D eigenvalue weighted by atomic mass is 9.54. The first-order valence-electron chi connectivity index (χ1n) is 11.8. The van der Waals surface area contributed by atoms with Crippen molar-refractivity contribution in [2.75, 3.05) is 20.0 Å². The maximum absolute atomic E-state index is 14.0. The third kappa shape index (κ3) is 3.39. The average molecular weight is 535 g/mol. The number of nitrogens with zero attached hydrogens (tertiary/aromatic N) is 1. The van der Waals surface area contributed by atoms with Crippen LogP contribution in [0.25, 0.3) is 5.76 Å². The molecule has 0 unspecified atom stereocenters. The van der Waals surface area contributed by atoms with Gasteiger partial charge in [-0.15, -0.1) is 11.6 Å². The molecule has 1 saturated carbocycles. The molecule has 11 heteroatoms. The third-order valence-electron chi connectivity index (χ3n) is 8.19. The van der Waals surface area contributed by atoms with Crippen molar-refractivity contribution in [1.82, 2.24) is 4.90 Å². The zero-order chi connectivity index (χ0) is 27.9. The highest BCUT2D eigenvalue weighted by atomic mass is 35.5. The van der Waals surface area contributed by atoms with E-state index in [9.17, 15) is 39.9 Å². The number of likely N-dealkylation sites (N-methyl/N-ethyl adjacent to an activating group) is 1. The number of hydrogen-bond acceptors (Lipinski definition) is 9. The number of carbonyl (C=O) groups is 3. The lowest BCUT2D eigenvalue weighted by molar-refractivity contribution is -0.169. The number of carbonyl (C=O) groups excluding carboxylic acids is 3. The molecule has 0 radical (unpaired) electrons. The van der Waals surface area contributed by atoms with Crippen molar-refractivity contribution >= 4 is 34.8 Å². The molecule has 0 aromatic heterocycles. The summed E-state index contributed by atoms with van der Waals surface area (Å²) in [4.78, 5) is 40.6. The van der Waals surface area contributed by atoms with Gasteiger partial charge in [-0.2, -0.15) is 0 Å². The van der Waals surface area contributed by atoms with Gasteiger partial charge in [0.15, 0.2) is 11.4 Å². The molecule has 3 aliphatic rings. The molecule has 200 valence electrons. The summed E-state index contributed by atoms with van der Waals surface area (Å²) in [6, 6.07) is 1.95. The number of phenols is 1. The van der Waals surface area contributed by atoms with Crippen LogP contribution < -0.4 is 5.73 Å². The monoisotopic (exact) mass is 534 g/mol. The highest BCUT2D eigenvalue weighted by molar-refractivity contribution is 6.24. The minimum absolute atomic E-state index is 0.0494. The highest BCUT2D eigenvalue weighted by Crippen LogP contribution is 2.56. The van der Waals surface area contributed by atoms with E-state index < -0.39 is 81.1 Å². The van der Waals surface area contributed by atoms with Crippen LogP contribution in [-0.2, 0) is 19.8 Å². The number of aliphatic hydroxyl groups excluding tert-OH is 3. The number of nitrogens with two attached hydrogens (primary N) is 1. The van der Waals surface area contributed by atoms with E-state index in [2.05, 4.69) is 0 Å². The van der Waals surface area contributed by atoms with Crippen LogP contribution in [0.3, 0.4) is 0 Å². The summed E-state index contributed by atoms with van der Waals surface area (Å²) in [5.41, 5.74) is 1.11. The summed E-state index contributed by atoms with van der Waals surface area (Å²) in [5, 5.41) is 56.8. The molecule has 1 aromatic rings. The molecule has 0 bridgehead atoms. The summed E-state index contributed by atoms with van der Waals surface area (Å²) in [6.07, 6.45) is -1.63. The molecule has 6 atom stereocenters. The molecule has 1 amide bonds. The van der Waals surface area contributed by atoms with Crippen molar-refractivity contribution in [3.63, 3.8) is 0 Å². The van der Waals surface area contributed by atoms with Gasteiger partial charge >= 0.3 is 0 Å². The summed E-state index contributed by atoms with van der Waals surface area (Å²) < 4.78 is 0. The van der Waals surface area contributed by atoms with E-state index in [-0.39, 0.29) is 17.2 Å². The van der Waals surface area contributed by atoms with Gasteiger partial charge in [-0.25, -0.2) is 0 Å². The third-order valence-corrected chi connectivity index (χ3v) is 8.86. The Hall–Kier alpha value is -2.92. The first-order valence-corrected chi connectivity index (χ1v) is 12.3. The Morgan fingerprint density at radius 1 is 1.19 bits per heavy atom. The van der Waals surface area contributed by atoms with Crippen LogP contribution in [-0.4, -0.2) is 85.6 Å². The summed E-state index contributed by atoms with van der Waals surface area (Å²) >= 11 is 6.09. The first kappa shape index (κ1) is 27.1. The van der Waals surface area contributed by atoms with E-state index in [1.165, 1.54) is 19.0 Å². The molecule has 3 aliphatic carbocycles. The number of Topliss-reactive ketones (excluding diaryl/α,β-unsaturated/α-hetero) is 2. The maximum Gasteiger partial charge on any atom is 0.255 e. The van der Waals surface area contributed by atoms with Crippen molar-refractivity contribution < 1.29 is 39.9 Å². The van der Waals surface area contributed by atoms with Crippen LogP contribution in [0.1, 0.15) is 43.4 Å². The van der Waals surface area contributed by atoms with Gasteiger partial charge in [-0.1, -0.05) is 32.9 Å². The van der Waals surface area contributed by atoms with Crippen molar-refractivity contribution in [2.24, 2.45) is 17.6 Å². The van der Waals surface area contributed by atoms with E-state index in [4.69, 9.17) is 17.3 Å². The zero-order valence-electron chi connectivity index (χ0n) is 21.1. The lowest BCUT2D eigenvalue weighted by Crippen LogP contribution is -2.70. The molecular formula is C26H31ClN2O8. The molecule has 0 saturated heterocycles. The van der Waals surface area contributed by atoms with Crippen molar-refractivity contribution in [2.45, 2.75) is 49.9 Å². The van der Waals surface area contributed by atoms with Crippen LogP contribution >= 0.6 is 11.6 Å². The molecule has 0 aliphatic heterocycles. The fourth-order valence-electron chi connectivity index (χ4n) is 6.23. The molecule has 37 heavy (non-hydrogen) atoms. The lowest BCUT2D eigenvalue weighted by Gasteiger charge is -2.53. The van der Waals surface area contributed by atoms with E-state index in [0.29, 0.717) is 11.1 Å². The maximum atomic E-state index is 14.0. The normalized spacial score (nSPS) is 31.9. The number of fused-ring (bicyclic) bond motifs is 3. The summed E-state index contributed by atoms with van der Waals surface area (Å²) in [7, 11) is 2.92. The molecule has 7 N–H and O–H groups in total. The highest BCUT2D eigenvalue weighted by Gasteiger charge is 2.68. The van der Waals surface area contributed by atoms with E-state index in [1.54, 1.807) is 32.9 Å². The molecule has 0 spiro atoms. The molecule has 10 nitrogen and oxygen atoms in total. The number of aromatic hydroxyl groups is 1. The van der Waals surface area contributed by atoms with Crippen LogP contribution in [0.5, 0.6) is 5.75 Å². The Bertz CT molecular complexity index is 1300. The van der Waals surface area contributed by atoms with Gasteiger partial charge in [0.05, 0.1) is 23.6 Å². The van der Waals surface area contributed by atoms with Crippen LogP contribution in [0.2, 0.25) is 0 Å². The Morgan fingerprint density at radius 2 is 1.78 bits per heavy atom. The van der Waals surface area contributed by atoms with Crippen molar-refractivity contribution in [3.8, 4) is 5.75 Å². The Balaban J connectivity index is 2.05. The second-order valence-corrected chi connectivity index (χ2v) is 11.3. The summed E-state index contributed by atoms with van der Waals surface area (Å²) in [5.74, 6) is -8.95. The van der Waals surface area contributed by atoms with Gasteiger partial charge in [0.2, 0.25) is 5.78 Å². The smallest absolute Gasteiger partial charge is 0.255 e. The Labute approximate surface area is 218 Å². The SMILES string of the molecule is C[C@H]1c2ccc(C(C)(C)CCl)c(O)c2C(O)=C2C(=O)[C@@]3(O)C(O)=C(C(N)=O)C(=O)[C@@H](N(C)C)[C@@H]3[C@@H](O)[C@@H]21. The fraction of sp³-hybridized carbons (Fsp3) is 0.500. The molecule has 4 rings (SSSR count). The topological polar surface area (TPSA) is 182 Å². The number of aliphatic hydroxyl groups is 4. The van der Waals surface area contributed by atoms with Gasteiger partial charge in [0.1, 0.15) is 22.8 Å². The van der Waals surface area contributed by atoms with Gasteiger partial charge in [-0.05, 0) is 25.6 Å². The molecule has 0 heterocycles. The fourth-order valence-corrected chi connectivity index (χ4v) is 6.38. The first-order chi connectivity index (χ1) is 17.0. The number of amides is 1. The van der Waals surface area contributed by atoms with E-state index >= 15 is 0 Å². The quantitative estimate of drug-likeness (QED) is 0.242. The van der Waals surface area contributed by atoms with Crippen LogP contribution in [0, 0.1) is 11.8 Å². The van der Waals surface area contributed by atoms with Crippen molar-refractivity contribution in [1.29, 1.82) is 0 Å². The molecular weight excluding hydrogens is 504 g/mol. The second-order valence-electron chi connectivity index (χ2n) is 11.0. The average Bonchev–Trinajstić information content (AvgIpc) is 2.80. The van der Waals surface area contributed by atoms with Crippen LogP contribution in [0.4, 0.5) is 0 Å². The number of phenolic OH excluding ortho intramolecular Hbond substituents is 1. The van der Waals surface area contributed by atoms with Crippen molar-refractivity contribution in [3.05, 3.63) is 45.7 Å². The number of rotatable bonds is 4. The number of hydrogen-bond donors (Lipinski definition) is 6.